The molecule has 0 aliphatic carbocycles. The van der Waals surface area contributed by atoms with Gasteiger partial charge in [0.15, 0.2) is 16.4 Å². The van der Waals surface area contributed by atoms with Crippen LogP contribution in [0.15, 0.2) is 24.3 Å². The van der Waals surface area contributed by atoms with Crippen molar-refractivity contribution >= 4 is 15.7 Å². The van der Waals surface area contributed by atoms with E-state index in [-0.39, 0.29) is 36.1 Å². The third kappa shape index (κ3) is 4.48. The highest BCUT2D eigenvalue weighted by Gasteiger charge is 2.36. The third-order valence-corrected chi connectivity index (χ3v) is 6.05. The standard InChI is InChI=1S/C17H22N2O4S/c1-3-13(2)19(15-8-9-24(21,22)12-15)17(20)11-23-16-6-4-14(10-18)5-7-16/h4-7,13,15H,3,8-9,11-12H2,1-2H3/t13-,15-/m0/s1. The van der Waals surface area contributed by atoms with Gasteiger partial charge in [-0.2, -0.15) is 5.26 Å². The number of hydrogen-bond donors (Lipinski definition) is 0. The topological polar surface area (TPSA) is 87.5 Å². The lowest BCUT2D eigenvalue weighted by molar-refractivity contribution is -0.137. The van der Waals surface area contributed by atoms with Crippen molar-refractivity contribution in [2.75, 3.05) is 18.1 Å². The molecule has 1 fully saturated rings. The molecule has 0 saturated carbocycles. The van der Waals surface area contributed by atoms with Crippen LogP contribution in [0.2, 0.25) is 0 Å². The second-order valence-electron chi connectivity index (χ2n) is 6.04. The van der Waals surface area contributed by atoms with E-state index in [2.05, 4.69) is 0 Å². The Hall–Kier alpha value is -2.07. The average molecular weight is 350 g/mol. The summed E-state index contributed by atoms with van der Waals surface area (Å²) in [5.41, 5.74) is 0.520. The molecule has 1 aromatic rings. The molecule has 1 saturated heterocycles. The lowest BCUT2D eigenvalue weighted by Crippen LogP contribution is -2.48. The molecule has 2 atom stereocenters. The SMILES string of the molecule is CC[C@H](C)N(C(=O)COc1ccc(C#N)cc1)[C@H]1CCS(=O)(=O)C1. The molecule has 0 N–H and O–H groups in total. The smallest absolute Gasteiger partial charge is 0.261 e. The number of hydrogen-bond acceptors (Lipinski definition) is 5. The minimum atomic E-state index is -3.06. The van der Waals surface area contributed by atoms with E-state index in [0.29, 0.717) is 17.7 Å². The zero-order valence-electron chi connectivity index (χ0n) is 13.9. The number of rotatable bonds is 6. The summed E-state index contributed by atoms with van der Waals surface area (Å²) in [6, 6.07) is 8.22. The molecule has 0 spiro atoms. The summed E-state index contributed by atoms with van der Waals surface area (Å²) >= 11 is 0. The van der Waals surface area contributed by atoms with E-state index >= 15 is 0 Å². The van der Waals surface area contributed by atoms with Gasteiger partial charge in [0, 0.05) is 12.1 Å². The first-order valence-electron chi connectivity index (χ1n) is 8.01. The van der Waals surface area contributed by atoms with Gasteiger partial charge >= 0.3 is 0 Å². The number of carbonyl (C=O) groups is 1. The minimum absolute atomic E-state index is 0.0277. The van der Waals surface area contributed by atoms with Crippen molar-refractivity contribution < 1.29 is 17.9 Å². The van der Waals surface area contributed by atoms with Gasteiger partial charge in [0.1, 0.15) is 5.75 Å². The maximum Gasteiger partial charge on any atom is 0.261 e. The van der Waals surface area contributed by atoms with Crippen LogP contribution in [0.3, 0.4) is 0 Å². The zero-order valence-corrected chi connectivity index (χ0v) is 14.8. The number of carbonyl (C=O) groups excluding carboxylic acids is 1. The highest BCUT2D eigenvalue weighted by atomic mass is 32.2. The molecule has 0 aromatic heterocycles. The summed E-state index contributed by atoms with van der Waals surface area (Å²) in [7, 11) is -3.06. The Balaban J connectivity index is 2.03. The molecule has 6 nitrogen and oxygen atoms in total. The molecule has 0 bridgehead atoms. The molecule has 1 aliphatic rings. The first kappa shape index (κ1) is 18.3. The predicted molar refractivity (Wildman–Crippen MR) is 90.3 cm³/mol. The molecule has 1 heterocycles. The average Bonchev–Trinajstić information content (AvgIpc) is 2.92. The van der Waals surface area contributed by atoms with Crippen LogP contribution in [0.4, 0.5) is 0 Å². The quantitative estimate of drug-likeness (QED) is 0.780. The molecular weight excluding hydrogens is 328 g/mol. The highest BCUT2D eigenvalue weighted by molar-refractivity contribution is 7.91. The summed E-state index contributed by atoms with van der Waals surface area (Å²) in [5, 5.41) is 8.77. The number of nitriles is 1. The fourth-order valence-electron chi connectivity index (χ4n) is 2.85. The molecule has 24 heavy (non-hydrogen) atoms. The molecular formula is C17H22N2O4S. The Morgan fingerprint density at radius 1 is 1.42 bits per heavy atom. The van der Waals surface area contributed by atoms with E-state index in [1.807, 2.05) is 19.9 Å². The van der Waals surface area contributed by atoms with Crippen LogP contribution in [0.25, 0.3) is 0 Å². The van der Waals surface area contributed by atoms with E-state index in [4.69, 9.17) is 10.00 Å². The van der Waals surface area contributed by atoms with Gasteiger partial charge in [-0.1, -0.05) is 6.92 Å². The monoisotopic (exact) mass is 350 g/mol. The van der Waals surface area contributed by atoms with Gasteiger partial charge in [0.25, 0.3) is 5.91 Å². The molecule has 7 heteroatoms. The summed E-state index contributed by atoms with van der Waals surface area (Å²) in [4.78, 5) is 14.3. The van der Waals surface area contributed by atoms with Gasteiger partial charge in [-0.25, -0.2) is 8.42 Å². The van der Waals surface area contributed by atoms with Crippen LogP contribution in [-0.4, -0.2) is 49.4 Å². The molecule has 1 amide bonds. The van der Waals surface area contributed by atoms with Gasteiger partial charge in [-0.15, -0.1) is 0 Å². The Labute approximate surface area is 142 Å². The fourth-order valence-corrected chi connectivity index (χ4v) is 4.56. The Morgan fingerprint density at radius 3 is 2.58 bits per heavy atom. The second-order valence-corrected chi connectivity index (χ2v) is 8.27. The van der Waals surface area contributed by atoms with Crippen molar-refractivity contribution in [3.63, 3.8) is 0 Å². The maximum atomic E-state index is 12.6. The van der Waals surface area contributed by atoms with E-state index in [1.54, 1.807) is 29.2 Å². The van der Waals surface area contributed by atoms with Gasteiger partial charge in [-0.3, -0.25) is 4.79 Å². The molecule has 1 aromatic carbocycles. The van der Waals surface area contributed by atoms with E-state index in [0.717, 1.165) is 6.42 Å². The largest absolute Gasteiger partial charge is 0.484 e. The van der Waals surface area contributed by atoms with Gasteiger partial charge < -0.3 is 9.64 Å². The number of nitrogens with zero attached hydrogens (tertiary/aromatic N) is 2. The number of ether oxygens (including phenoxy) is 1. The number of sulfone groups is 1. The van der Waals surface area contributed by atoms with Crippen LogP contribution in [0.5, 0.6) is 5.75 Å². The first-order valence-corrected chi connectivity index (χ1v) is 9.83. The van der Waals surface area contributed by atoms with Crippen LogP contribution >= 0.6 is 0 Å². The minimum Gasteiger partial charge on any atom is -0.484 e. The summed E-state index contributed by atoms with van der Waals surface area (Å²) in [6.45, 7) is 3.74. The van der Waals surface area contributed by atoms with Crippen molar-refractivity contribution in [2.24, 2.45) is 0 Å². The lowest BCUT2D eigenvalue weighted by atomic mass is 10.1. The number of benzene rings is 1. The van der Waals surface area contributed by atoms with Crippen LogP contribution < -0.4 is 4.74 Å². The first-order chi connectivity index (χ1) is 11.4. The van der Waals surface area contributed by atoms with Crippen molar-refractivity contribution in [3.05, 3.63) is 29.8 Å². The van der Waals surface area contributed by atoms with E-state index < -0.39 is 9.84 Å². The zero-order chi connectivity index (χ0) is 17.7. The van der Waals surface area contributed by atoms with Gasteiger partial charge in [-0.05, 0) is 44.0 Å². The van der Waals surface area contributed by atoms with Gasteiger partial charge in [0.05, 0.1) is 23.1 Å². The summed E-state index contributed by atoms with van der Waals surface area (Å²) in [6.07, 6.45) is 1.23. The number of amides is 1. The highest BCUT2D eigenvalue weighted by Crippen LogP contribution is 2.22. The normalized spacial score (nSPS) is 20.1. The van der Waals surface area contributed by atoms with Crippen molar-refractivity contribution in [1.82, 2.24) is 4.90 Å². The second kappa shape index (κ2) is 7.67. The molecule has 1 aliphatic heterocycles. The van der Waals surface area contributed by atoms with Crippen molar-refractivity contribution in [1.29, 1.82) is 5.26 Å². The Bertz CT molecular complexity index is 722. The summed E-state index contributed by atoms with van der Waals surface area (Å²) < 4.78 is 29.0. The molecule has 0 radical (unpaired) electrons. The fraction of sp³-hybridized carbons (Fsp3) is 0.529. The van der Waals surface area contributed by atoms with Crippen LogP contribution in [0, 0.1) is 11.3 Å². The van der Waals surface area contributed by atoms with E-state index in [1.165, 1.54) is 0 Å². The Morgan fingerprint density at radius 2 is 2.08 bits per heavy atom. The third-order valence-electron chi connectivity index (χ3n) is 4.30. The Kier molecular flexibility index (Phi) is 5.84. The molecule has 2 rings (SSSR count). The van der Waals surface area contributed by atoms with Crippen molar-refractivity contribution in [2.45, 2.75) is 38.8 Å². The lowest BCUT2D eigenvalue weighted by Gasteiger charge is -2.33. The molecule has 0 unspecified atom stereocenters. The van der Waals surface area contributed by atoms with E-state index in [9.17, 15) is 13.2 Å². The van der Waals surface area contributed by atoms with Crippen LogP contribution in [0.1, 0.15) is 32.3 Å². The molecule has 130 valence electrons. The predicted octanol–water partition coefficient (Wildman–Crippen LogP) is 1.75. The van der Waals surface area contributed by atoms with Crippen LogP contribution in [-0.2, 0) is 14.6 Å². The maximum absolute atomic E-state index is 12.6. The summed E-state index contributed by atoms with van der Waals surface area (Å²) in [5.74, 6) is 0.454. The van der Waals surface area contributed by atoms with Crippen molar-refractivity contribution in [3.8, 4) is 11.8 Å². The van der Waals surface area contributed by atoms with Gasteiger partial charge in [0.2, 0.25) is 0 Å².